The van der Waals surface area contributed by atoms with Crippen LogP contribution >= 0.6 is 0 Å². The lowest BCUT2D eigenvalue weighted by molar-refractivity contribution is -0.0498. The number of benzene rings is 2. The molecule has 6 heteroatoms. The predicted molar refractivity (Wildman–Crippen MR) is 76.7 cm³/mol. The van der Waals surface area contributed by atoms with Gasteiger partial charge in [-0.2, -0.15) is 8.78 Å². The van der Waals surface area contributed by atoms with E-state index in [2.05, 4.69) is 4.74 Å². The molecule has 0 unspecified atom stereocenters. The second-order valence-corrected chi connectivity index (χ2v) is 4.36. The Morgan fingerprint density at radius 3 is 2.48 bits per heavy atom. The molecule has 21 heavy (non-hydrogen) atoms. The fourth-order valence-electron chi connectivity index (χ4n) is 1.81. The molecule has 0 aliphatic rings. The Hall–Kier alpha value is -2.63. The quantitative estimate of drug-likeness (QED) is 0.881. The third-order valence-electron chi connectivity index (χ3n) is 2.89. The van der Waals surface area contributed by atoms with Crippen molar-refractivity contribution in [2.24, 2.45) is 0 Å². The van der Waals surface area contributed by atoms with Gasteiger partial charge in [0.05, 0.1) is 0 Å². The second kappa shape index (κ2) is 6.21. The van der Waals surface area contributed by atoms with E-state index in [1.165, 1.54) is 29.2 Å². The standard InChI is InChI=1S/C15H14F2N2O2/c1-19(12-7-5-11(18)6-8-12)14(20)10-3-2-4-13(9-10)21-15(16)17/h2-9,15H,18H2,1H3. The van der Waals surface area contributed by atoms with Crippen molar-refractivity contribution in [2.45, 2.75) is 6.61 Å². The van der Waals surface area contributed by atoms with Gasteiger partial charge in [-0.25, -0.2) is 0 Å². The van der Waals surface area contributed by atoms with Crippen molar-refractivity contribution >= 4 is 17.3 Å². The summed E-state index contributed by atoms with van der Waals surface area (Å²) in [4.78, 5) is 13.7. The Morgan fingerprint density at radius 2 is 1.86 bits per heavy atom. The van der Waals surface area contributed by atoms with E-state index >= 15 is 0 Å². The zero-order chi connectivity index (χ0) is 15.4. The maximum absolute atomic E-state index is 12.3. The number of carbonyl (C=O) groups excluding carboxylic acids is 1. The molecule has 0 saturated carbocycles. The van der Waals surface area contributed by atoms with Crippen molar-refractivity contribution in [1.29, 1.82) is 0 Å². The van der Waals surface area contributed by atoms with Crippen LogP contribution in [0.4, 0.5) is 20.2 Å². The lowest BCUT2D eigenvalue weighted by Gasteiger charge is -2.18. The van der Waals surface area contributed by atoms with Crippen molar-refractivity contribution < 1.29 is 18.3 Å². The molecule has 1 amide bonds. The van der Waals surface area contributed by atoms with Crippen LogP contribution in [0.3, 0.4) is 0 Å². The minimum Gasteiger partial charge on any atom is -0.435 e. The summed E-state index contributed by atoms with van der Waals surface area (Å²) in [6.45, 7) is -2.93. The van der Waals surface area contributed by atoms with Crippen molar-refractivity contribution in [1.82, 2.24) is 0 Å². The second-order valence-electron chi connectivity index (χ2n) is 4.36. The monoisotopic (exact) mass is 292 g/mol. The van der Waals surface area contributed by atoms with Crippen molar-refractivity contribution in [3.63, 3.8) is 0 Å². The van der Waals surface area contributed by atoms with Gasteiger partial charge in [0.2, 0.25) is 0 Å². The number of nitrogens with zero attached hydrogens (tertiary/aromatic N) is 1. The lowest BCUT2D eigenvalue weighted by Crippen LogP contribution is -2.26. The summed E-state index contributed by atoms with van der Waals surface area (Å²) in [5.74, 6) is -0.388. The summed E-state index contributed by atoms with van der Waals surface area (Å²) >= 11 is 0. The maximum atomic E-state index is 12.3. The number of carbonyl (C=O) groups is 1. The Balaban J connectivity index is 2.21. The predicted octanol–water partition coefficient (Wildman–Crippen LogP) is 3.15. The average Bonchev–Trinajstić information content (AvgIpc) is 2.46. The Labute approximate surface area is 120 Å². The number of rotatable bonds is 4. The Morgan fingerprint density at radius 1 is 1.19 bits per heavy atom. The number of halogens is 2. The van der Waals surface area contributed by atoms with Gasteiger partial charge in [0.25, 0.3) is 5.91 Å². The summed E-state index contributed by atoms with van der Waals surface area (Å²) < 4.78 is 28.7. The number of nitrogen functional groups attached to an aromatic ring is 1. The fourth-order valence-corrected chi connectivity index (χ4v) is 1.81. The number of amides is 1. The van der Waals surface area contributed by atoms with Crippen LogP contribution in [-0.2, 0) is 0 Å². The molecule has 0 radical (unpaired) electrons. The summed E-state index contributed by atoms with van der Waals surface area (Å²) in [7, 11) is 1.59. The van der Waals surface area contributed by atoms with Crippen LogP contribution in [0.5, 0.6) is 5.75 Å². The van der Waals surface area contributed by atoms with Crippen molar-refractivity contribution in [2.75, 3.05) is 17.7 Å². The van der Waals surface area contributed by atoms with Gasteiger partial charge in [-0.05, 0) is 42.5 Å². The number of nitrogens with two attached hydrogens (primary N) is 1. The molecule has 4 nitrogen and oxygen atoms in total. The van der Waals surface area contributed by atoms with E-state index in [-0.39, 0.29) is 17.2 Å². The van der Waals surface area contributed by atoms with Crippen LogP contribution in [0.15, 0.2) is 48.5 Å². The number of hydrogen-bond donors (Lipinski definition) is 1. The van der Waals surface area contributed by atoms with Gasteiger partial charge in [-0.15, -0.1) is 0 Å². The van der Waals surface area contributed by atoms with Crippen molar-refractivity contribution in [3.05, 3.63) is 54.1 Å². The highest BCUT2D eigenvalue weighted by atomic mass is 19.3. The molecule has 0 aromatic heterocycles. The first-order valence-corrected chi connectivity index (χ1v) is 6.16. The van der Waals surface area contributed by atoms with E-state index in [0.717, 1.165) is 0 Å². The first-order chi connectivity index (χ1) is 9.97. The van der Waals surface area contributed by atoms with Gasteiger partial charge in [-0.1, -0.05) is 6.07 Å². The molecule has 2 N–H and O–H groups in total. The molecule has 2 aromatic rings. The van der Waals surface area contributed by atoms with E-state index in [9.17, 15) is 13.6 Å². The van der Waals surface area contributed by atoms with Crippen LogP contribution in [-0.4, -0.2) is 19.6 Å². The molecule has 0 heterocycles. The first kappa shape index (κ1) is 14.8. The summed E-state index contributed by atoms with van der Waals surface area (Å²) in [5.41, 5.74) is 7.08. The normalized spacial score (nSPS) is 10.5. The maximum Gasteiger partial charge on any atom is 0.387 e. The highest BCUT2D eigenvalue weighted by Crippen LogP contribution is 2.20. The summed E-state index contributed by atoms with van der Waals surface area (Å²) in [6.07, 6.45) is 0. The van der Waals surface area contributed by atoms with Gasteiger partial charge in [0.1, 0.15) is 5.75 Å². The topological polar surface area (TPSA) is 55.6 Å². The van der Waals surface area contributed by atoms with Gasteiger partial charge >= 0.3 is 6.61 Å². The van der Waals surface area contributed by atoms with Crippen LogP contribution in [0, 0.1) is 0 Å². The minimum atomic E-state index is -2.93. The average molecular weight is 292 g/mol. The lowest BCUT2D eigenvalue weighted by atomic mass is 10.1. The summed E-state index contributed by atoms with van der Waals surface area (Å²) in [6, 6.07) is 12.4. The fraction of sp³-hybridized carbons (Fsp3) is 0.133. The highest BCUT2D eigenvalue weighted by Gasteiger charge is 2.15. The third-order valence-corrected chi connectivity index (χ3v) is 2.89. The largest absolute Gasteiger partial charge is 0.435 e. The molecule has 0 aliphatic heterocycles. The Kier molecular flexibility index (Phi) is 4.37. The molecule has 0 atom stereocenters. The molecule has 0 saturated heterocycles. The van der Waals surface area contributed by atoms with Crippen molar-refractivity contribution in [3.8, 4) is 5.75 Å². The van der Waals surface area contributed by atoms with Gasteiger partial charge in [0.15, 0.2) is 0 Å². The first-order valence-electron chi connectivity index (χ1n) is 6.16. The third kappa shape index (κ3) is 3.68. The number of hydrogen-bond acceptors (Lipinski definition) is 3. The molecule has 0 spiro atoms. The number of anilines is 2. The van der Waals surface area contributed by atoms with Crippen LogP contribution in [0.25, 0.3) is 0 Å². The van der Waals surface area contributed by atoms with Gasteiger partial charge < -0.3 is 15.4 Å². The molecule has 0 aliphatic carbocycles. The molecule has 0 bridgehead atoms. The van der Waals surface area contributed by atoms with E-state index in [1.54, 1.807) is 31.3 Å². The zero-order valence-electron chi connectivity index (χ0n) is 11.3. The molecule has 0 fully saturated rings. The van der Waals surface area contributed by atoms with Crippen LogP contribution in [0.1, 0.15) is 10.4 Å². The summed E-state index contributed by atoms with van der Waals surface area (Å²) in [5, 5.41) is 0. The zero-order valence-corrected chi connectivity index (χ0v) is 11.3. The number of alkyl halides is 2. The molecule has 2 aromatic carbocycles. The van der Waals surface area contributed by atoms with Gasteiger partial charge in [0, 0.05) is 24.0 Å². The van der Waals surface area contributed by atoms with E-state index in [1.807, 2.05) is 0 Å². The van der Waals surface area contributed by atoms with Gasteiger partial charge in [-0.3, -0.25) is 4.79 Å². The SMILES string of the molecule is CN(C(=O)c1cccc(OC(F)F)c1)c1ccc(N)cc1. The smallest absolute Gasteiger partial charge is 0.387 e. The number of ether oxygens (including phenoxy) is 1. The minimum absolute atomic E-state index is 0.0541. The van der Waals surface area contributed by atoms with E-state index < -0.39 is 6.61 Å². The van der Waals surface area contributed by atoms with Crippen LogP contribution in [0.2, 0.25) is 0 Å². The van der Waals surface area contributed by atoms with E-state index in [0.29, 0.717) is 11.4 Å². The Bertz CT molecular complexity index is 630. The molecule has 2 rings (SSSR count). The van der Waals surface area contributed by atoms with Crippen LogP contribution < -0.4 is 15.4 Å². The molecule has 110 valence electrons. The molecular weight excluding hydrogens is 278 g/mol. The van der Waals surface area contributed by atoms with E-state index in [4.69, 9.17) is 5.73 Å². The highest BCUT2D eigenvalue weighted by molar-refractivity contribution is 6.06. The molecular formula is C15H14F2N2O2.